The minimum absolute atomic E-state index is 0.0470. The van der Waals surface area contributed by atoms with Gasteiger partial charge in [0.2, 0.25) is 0 Å². The van der Waals surface area contributed by atoms with Crippen LogP contribution in [-0.4, -0.2) is 45.3 Å². The van der Waals surface area contributed by atoms with Gasteiger partial charge < -0.3 is 10.2 Å². The highest BCUT2D eigenvalue weighted by Crippen LogP contribution is 2.27. The van der Waals surface area contributed by atoms with E-state index in [-0.39, 0.29) is 6.03 Å². The van der Waals surface area contributed by atoms with Gasteiger partial charge in [0.15, 0.2) is 0 Å². The molecule has 3 heterocycles. The zero-order valence-electron chi connectivity index (χ0n) is 14.4. The molecule has 0 aliphatic carbocycles. The second-order valence-electron chi connectivity index (χ2n) is 6.20. The van der Waals surface area contributed by atoms with Gasteiger partial charge >= 0.3 is 6.03 Å². The maximum Gasteiger partial charge on any atom is 0.317 e. The molecular weight excluding hydrogens is 322 g/mol. The Bertz CT molecular complexity index is 672. The second-order valence-corrected chi connectivity index (χ2v) is 7.40. The molecule has 0 spiro atoms. The summed E-state index contributed by atoms with van der Waals surface area (Å²) in [5, 5.41) is 8.37. The summed E-state index contributed by atoms with van der Waals surface area (Å²) < 4.78 is 1.94. The van der Waals surface area contributed by atoms with Crippen molar-refractivity contribution in [2.75, 3.05) is 19.6 Å². The molecule has 130 valence electrons. The molecule has 2 aromatic heterocycles. The van der Waals surface area contributed by atoms with Crippen molar-refractivity contribution in [3.63, 3.8) is 0 Å². The third-order valence-corrected chi connectivity index (χ3v) is 5.83. The fraction of sp³-hybridized carbons (Fsp3) is 0.588. The number of thiazole rings is 1. The van der Waals surface area contributed by atoms with Crippen molar-refractivity contribution in [1.29, 1.82) is 0 Å². The minimum Gasteiger partial charge on any atom is -0.338 e. The summed E-state index contributed by atoms with van der Waals surface area (Å²) in [5.74, 6) is 0.504. The third-order valence-electron chi connectivity index (χ3n) is 4.62. The minimum atomic E-state index is 0.0470. The predicted molar refractivity (Wildman–Crippen MR) is 95.4 cm³/mol. The van der Waals surface area contributed by atoms with Gasteiger partial charge in [0.05, 0.1) is 5.01 Å². The number of aryl methyl sites for hydroxylation is 2. The SMILES string of the molecule is CCc1cnc(CCNC(=O)N2CCC(c3ccnn3C)CC2)s1. The Balaban J connectivity index is 1.41. The molecule has 1 saturated heterocycles. The lowest BCUT2D eigenvalue weighted by Gasteiger charge is -2.32. The van der Waals surface area contributed by atoms with Crippen molar-refractivity contribution in [2.45, 2.75) is 38.5 Å². The monoisotopic (exact) mass is 347 g/mol. The number of urea groups is 1. The lowest BCUT2D eigenvalue weighted by molar-refractivity contribution is 0.180. The van der Waals surface area contributed by atoms with E-state index in [1.54, 1.807) is 11.3 Å². The molecule has 1 aliphatic rings. The van der Waals surface area contributed by atoms with Gasteiger partial charge in [-0.2, -0.15) is 5.10 Å². The first kappa shape index (κ1) is 17.0. The maximum atomic E-state index is 12.3. The molecule has 2 amide bonds. The van der Waals surface area contributed by atoms with Crippen LogP contribution in [0.1, 0.15) is 41.3 Å². The number of rotatable bonds is 5. The van der Waals surface area contributed by atoms with E-state index in [0.717, 1.165) is 43.8 Å². The van der Waals surface area contributed by atoms with Crippen LogP contribution in [-0.2, 0) is 19.9 Å². The lowest BCUT2D eigenvalue weighted by Crippen LogP contribution is -2.44. The first-order valence-electron chi connectivity index (χ1n) is 8.61. The summed E-state index contributed by atoms with van der Waals surface area (Å²) in [7, 11) is 1.98. The Hall–Kier alpha value is -1.89. The molecule has 0 bridgehead atoms. The number of carbonyl (C=O) groups excluding carboxylic acids is 1. The van der Waals surface area contributed by atoms with Crippen molar-refractivity contribution < 1.29 is 4.79 Å². The average Bonchev–Trinajstić information content (AvgIpc) is 3.23. The fourth-order valence-corrected chi connectivity index (χ4v) is 4.04. The highest BCUT2D eigenvalue weighted by Gasteiger charge is 2.25. The molecule has 3 rings (SSSR count). The van der Waals surface area contributed by atoms with Crippen molar-refractivity contribution >= 4 is 17.4 Å². The van der Waals surface area contributed by atoms with Gasteiger partial charge in [0, 0.05) is 62.0 Å². The molecule has 0 saturated carbocycles. The van der Waals surface area contributed by atoms with E-state index in [1.807, 2.05) is 29.0 Å². The number of piperidine rings is 1. The topological polar surface area (TPSA) is 63.1 Å². The zero-order valence-corrected chi connectivity index (χ0v) is 15.2. The van der Waals surface area contributed by atoms with E-state index >= 15 is 0 Å². The van der Waals surface area contributed by atoms with Crippen LogP contribution in [0.2, 0.25) is 0 Å². The molecule has 7 heteroatoms. The molecule has 1 N–H and O–H groups in total. The summed E-state index contributed by atoms with van der Waals surface area (Å²) in [6.45, 7) is 4.39. The number of nitrogens with zero attached hydrogens (tertiary/aromatic N) is 4. The van der Waals surface area contributed by atoms with Crippen LogP contribution in [0.3, 0.4) is 0 Å². The number of aromatic nitrogens is 3. The number of carbonyl (C=O) groups is 1. The smallest absolute Gasteiger partial charge is 0.317 e. The van der Waals surface area contributed by atoms with Gasteiger partial charge in [0.25, 0.3) is 0 Å². The summed E-state index contributed by atoms with van der Waals surface area (Å²) >= 11 is 1.74. The Kier molecular flexibility index (Phi) is 5.50. The third kappa shape index (κ3) is 3.95. The summed E-state index contributed by atoms with van der Waals surface area (Å²) in [6.07, 6.45) is 7.61. The highest BCUT2D eigenvalue weighted by atomic mass is 32.1. The Morgan fingerprint density at radius 2 is 2.21 bits per heavy atom. The number of likely N-dealkylation sites (tertiary alicyclic amines) is 1. The number of nitrogens with one attached hydrogen (secondary N) is 1. The van der Waals surface area contributed by atoms with Gasteiger partial charge in [-0.3, -0.25) is 4.68 Å². The molecule has 0 aromatic carbocycles. The van der Waals surface area contributed by atoms with Crippen LogP contribution in [0.5, 0.6) is 0 Å². The second kappa shape index (κ2) is 7.79. The predicted octanol–water partition coefficient (Wildman–Crippen LogP) is 2.57. The maximum absolute atomic E-state index is 12.3. The van der Waals surface area contributed by atoms with Crippen molar-refractivity contribution in [3.05, 3.63) is 34.0 Å². The standard InChI is InChI=1S/C17H25N5OS/c1-3-14-12-19-16(24-14)5-8-18-17(23)22-10-6-13(7-11-22)15-4-9-20-21(15)2/h4,9,12-13H,3,5-8,10-11H2,1-2H3,(H,18,23). The van der Waals surface area contributed by atoms with E-state index in [1.165, 1.54) is 10.6 Å². The highest BCUT2D eigenvalue weighted by molar-refractivity contribution is 7.11. The molecule has 1 fully saturated rings. The van der Waals surface area contributed by atoms with Crippen LogP contribution in [0.15, 0.2) is 18.5 Å². The van der Waals surface area contributed by atoms with Crippen molar-refractivity contribution in [3.8, 4) is 0 Å². The number of hydrogen-bond donors (Lipinski definition) is 1. The summed E-state index contributed by atoms with van der Waals surface area (Å²) in [6, 6.07) is 2.13. The fourth-order valence-electron chi connectivity index (χ4n) is 3.18. The van der Waals surface area contributed by atoms with Crippen molar-refractivity contribution in [1.82, 2.24) is 25.0 Å². The first-order valence-corrected chi connectivity index (χ1v) is 9.43. The van der Waals surface area contributed by atoms with Crippen LogP contribution >= 0.6 is 11.3 Å². The van der Waals surface area contributed by atoms with E-state index in [4.69, 9.17) is 0 Å². The normalized spacial score (nSPS) is 15.7. The van der Waals surface area contributed by atoms with Crippen LogP contribution in [0.25, 0.3) is 0 Å². The quantitative estimate of drug-likeness (QED) is 0.904. The molecule has 0 unspecified atom stereocenters. The molecule has 2 aromatic rings. The van der Waals surface area contributed by atoms with E-state index in [0.29, 0.717) is 12.5 Å². The molecule has 6 nitrogen and oxygen atoms in total. The largest absolute Gasteiger partial charge is 0.338 e. The summed E-state index contributed by atoms with van der Waals surface area (Å²) in [4.78, 5) is 19.9. The van der Waals surface area contributed by atoms with Gasteiger partial charge in [0.1, 0.15) is 0 Å². The Labute approximate surface area is 146 Å². The van der Waals surface area contributed by atoms with Gasteiger partial charge in [-0.15, -0.1) is 11.3 Å². The Morgan fingerprint density at radius 3 is 2.83 bits per heavy atom. The van der Waals surface area contributed by atoms with Gasteiger partial charge in [-0.25, -0.2) is 9.78 Å². The van der Waals surface area contributed by atoms with E-state index in [2.05, 4.69) is 28.4 Å². The molecule has 0 atom stereocenters. The number of hydrogen-bond acceptors (Lipinski definition) is 4. The zero-order chi connectivity index (χ0) is 16.9. The van der Waals surface area contributed by atoms with E-state index < -0.39 is 0 Å². The molecule has 0 radical (unpaired) electrons. The molecule has 24 heavy (non-hydrogen) atoms. The average molecular weight is 347 g/mol. The Morgan fingerprint density at radius 1 is 1.42 bits per heavy atom. The van der Waals surface area contributed by atoms with Crippen LogP contribution < -0.4 is 5.32 Å². The number of amides is 2. The van der Waals surface area contributed by atoms with Gasteiger partial charge in [-0.1, -0.05) is 6.92 Å². The van der Waals surface area contributed by atoms with E-state index in [9.17, 15) is 4.79 Å². The lowest BCUT2D eigenvalue weighted by atomic mass is 9.93. The van der Waals surface area contributed by atoms with Crippen LogP contribution in [0, 0.1) is 0 Å². The van der Waals surface area contributed by atoms with Crippen molar-refractivity contribution in [2.24, 2.45) is 7.05 Å². The van der Waals surface area contributed by atoms with Gasteiger partial charge in [-0.05, 0) is 25.3 Å². The first-order chi connectivity index (χ1) is 11.7. The van der Waals surface area contributed by atoms with Crippen LogP contribution in [0.4, 0.5) is 4.79 Å². The summed E-state index contributed by atoms with van der Waals surface area (Å²) in [5.41, 5.74) is 1.27. The molecule has 1 aliphatic heterocycles. The molecular formula is C17H25N5OS.